The highest BCUT2D eigenvalue weighted by atomic mass is 19.1. The Morgan fingerprint density at radius 1 is 1.19 bits per heavy atom. The molecule has 2 atom stereocenters. The van der Waals surface area contributed by atoms with Gasteiger partial charge in [0.25, 0.3) is 0 Å². The molecule has 0 unspecified atom stereocenters. The van der Waals surface area contributed by atoms with Crippen molar-refractivity contribution in [3.8, 4) is 11.5 Å². The zero-order valence-corrected chi connectivity index (χ0v) is 18.0. The number of carbonyl (C=O) groups excluding carboxylic acids is 1. The number of aliphatic hydroxyl groups is 1. The average molecular weight is 432 g/mol. The number of nitrogens with one attached hydrogen (secondary N) is 1. The number of amides is 1. The summed E-state index contributed by atoms with van der Waals surface area (Å²) in [6.45, 7) is 4.95. The number of halogens is 1. The minimum atomic E-state index is -0.734. The van der Waals surface area contributed by atoms with Gasteiger partial charge in [-0.25, -0.2) is 4.39 Å². The van der Waals surface area contributed by atoms with E-state index in [1.165, 1.54) is 6.07 Å². The van der Waals surface area contributed by atoms with E-state index in [0.29, 0.717) is 31.1 Å². The number of nitrogens with zero attached hydrogens (tertiary/aromatic N) is 2. The van der Waals surface area contributed by atoms with E-state index in [-0.39, 0.29) is 30.9 Å². The highest BCUT2D eigenvalue weighted by Gasteiger charge is 2.26. The molecule has 1 amide bonds. The number of hydrogen-bond donors (Lipinski definition) is 2. The van der Waals surface area contributed by atoms with Gasteiger partial charge in [-0.05, 0) is 31.2 Å². The van der Waals surface area contributed by atoms with Gasteiger partial charge in [0.1, 0.15) is 18.5 Å². The van der Waals surface area contributed by atoms with Crippen molar-refractivity contribution in [3.05, 3.63) is 54.3 Å². The zero-order chi connectivity index (χ0) is 22.2. The van der Waals surface area contributed by atoms with Crippen LogP contribution in [-0.2, 0) is 4.79 Å². The fourth-order valence-corrected chi connectivity index (χ4v) is 3.70. The van der Waals surface area contributed by atoms with Gasteiger partial charge in [0.15, 0.2) is 11.6 Å². The number of β-amino-alcohol motifs (C(OH)–C–C–N with tert-alkyl or cyclic N) is 1. The molecule has 2 aromatic rings. The van der Waals surface area contributed by atoms with Crippen LogP contribution in [0.1, 0.15) is 6.92 Å². The third-order valence-corrected chi connectivity index (χ3v) is 5.31. The van der Waals surface area contributed by atoms with Crippen LogP contribution in [0.2, 0.25) is 0 Å². The Hall–Kier alpha value is -2.68. The molecule has 1 aliphatic rings. The van der Waals surface area contributed by atoms with Crippen LogP contribution < -0.4 is 14.8 Å². The molecule has 2 aromatic carbocycles. The topological polar surface area (TPSA) is 74.3 Å². The molecule has 0 bridgehead atoms. The summed E-state index contributed by atoms with van der Waals surface area (Å²) in [5, 5.41) is 13.2. The lowest BCUT2D eigenvalue weighted by Gasteiger charge is -2.40. The standard InChI is InChI=1S/C23H30FN3O4/c1-17-13-26(15-23(29)25-20-8-4-6-10-22(20)30-2)11-12-27(17)14-18(28)16-31-21-9-5-3-7-19(21)24/h3-10,17-18,28H,11-16H2,1-2H3,(H,25,29)/t17-,18-/m0/s1. The van der Waals surface area contributed by atoms with E-state index < -0.39 is 11.9 Å². The van der Waals surface area contributed by atoms with Crippen molar-refractivity contribution in [2.24, 2.45) is 0 Å². The van der Waals surface area contributed by atoms with Gasteiger partial charge in [-0.1, -0.05) is 24.3 Å². The molecule has 0 aliphatic carbocycles. The molecule has 7 nitrogen and oxygen atoms in total. The lowest BCUT2D eigenvalue weighted by molar-refractivity contribution is -0.118. The maximum absolute atomic E-state index is 13.6. The van der Waals surface area contributed by atoms with E-state index in [1.807, 2.05) is 18.2 Å². The molecule has 0 radical (unpaired) electrons. The highest BCUT2D eigenvalue weighted by Crippen LogP contribution is 2.23. The predicted molar refractivity (Wildman–Crippen MR) is 117 cm³/mol. The molecular formula is C23H30FN3O4. The van der Waals surface area contributed by atoms with E-state index in [2.05, 4.69) is 22.0 Å². The van der Waals surface area contributed by atoms with Crippen molar-refractivity contribution in [1.29, 1.82) is 0 Å². The van der Waals surface area contributed by atoms with E-state index in [1.54, 1.807) is 31.4 Å². The number of hydrogen-bond acceptors (Lipinski definition) is 6. The first kappa shape index (κ1) is 23.0. The monoisotopic (exact) mass is 431 g/mol. The van der Waals surface area contributed by atoms with Crippen LogP contribution in [0.3, 0.4) is 0 Å². The average Bonchev–Trinajstić information content (AvgIpc) is 2.75. The van der Waals surface area contributed by atoms with Crippen molar-refractivity contribution in [2.75, 3.05) is 51.8 Å². The smallest absolute Gasteiger partial charge is 0.238 e. The summed E-state index contributed by atoms with van der Waals surface area (Å²) in [5.74, 6) is 0.229. The molecule has 0 saturated carbocycles. The SMILES string of the molecule is COc1ccccc1NC(=O)CN1CCN(C[C@H](O)COc2ccccc2F)[C@@H](C)C1. The van der Waals surface area contributed by atoms with Crippen LogP contribution in [0.25, 0.3) is 0 Å². The van der Waals surface area contributed by atoms with Crippen LogP contribution in [-0.4, -0.2) is 79.4 Å². The Morgan fingerprint density at radius 3 is 2.61 bits per heavy atom. The molecule has 1 fully saturated rings. The predicted octanol–water partition coefficient (Wildman–Crippen LogP) is 2.22. The summed E-state index contributed by atoms with van der Waals surface area (Å²) in [5.41, 5.74) is 0.652. The van der Waals surface area contributed by atoms with Gasteiger partial charge in [0, 0.05) is 32.2 Å². The van der Waals surface area contributed by atoms with Crippen molar-refractivity contribution < 1.29 is 23.8 Å². The van der Waals surface area contributed by atoms with Crippen LogP contribution in [0.5, 0.6) is 11.5 Å². The van der Waals surface area contributed by atoms with Gasteiger partial charge in [-0.2, -0.15) is 0 Å². The van der Waals surface area contributed by atoms with E-state index >= 15 is 0 Å². The lowest BCUT2D eigenvalue weighted by Crippen LogP contribution is -2.55. The van der Waals surface area contributed by atoms with Gasteiger partial charge >= 0.3 is 0 Å². The van der Waals surface area contributed by atoms with Crippen molar-refractivity contribution >= 4 is 11.6 Å². The number of anilines is 1. The molecule has 1 saturated heterocycles. The molecule has 1 aliphatic heterocycles. The van der Waals surface area contributed by atoms with Gasteiger partial charge in [-0.3, -0.25) is 14.6 Å². The number of benzene rings is 2. The minimum absolute atomic E-state index is 0.0230. The summed E-state index contributed by atoms with van der Waals surface area (Å²) >= 11 is 0. The molecule has 31 heavy (non-hydrogen) atoms. The first-order valence-electron chi connectivity index (χ1n) is 10.4. The van der Waals surface area contributed by atoms with E-state index in [9.17, 15) is 14.3 Å². The Morgan fingerprint density at radius 2 is 1.90 bits per heavy atom. The maximum atomic E-state index is 13.6. The van der Waals surface area contributed by atoms with Crippen molar-refractivity contribution in [1.82, 2.24) is 9.80 Å². The molecule has 168 valence electrons. The molecule has 0 aromatic heterocycles. The zero-order valence-electron chi connectivity index (χ0n) is 18.0. The number of piperazine rings is 1. The Labute approximate surface area is 182 Å². The highest BCUT2D eigenvalue weighted by molar-refractivity contribution is 5.93. The number of methoxy groups -OCH3 is 1. The Balaban J connectivity index is 1.42. The number of rotatable bonds is 9. The Bertz CT molecular complexity index is 866. The van der Waals surface area contributed by atoms with Crippen molar-refractivity contribution in [3.63, 3.8) is 0 Å². The number of carbonyl (C=O) groups is 1. The van der Waals surface area contributed by atoms with Gasteiger partial charge < -0.3 is 19.9 Å². The first-order valence-corrected chi connectivity index (χ1v) is 10.4. The molecule has 8 heteroatoms. The largest absolute Gasteiger partial charge is 0.495 e. The van der Waals surface area contributed by atoms with E-state index in [0.717, 1.165) is 6.54 Å². The quantitative estimate of drug-likeness (QED) is 0.634. The van der Waals surface area contributed by atoms with Crippen LogP contribution >= 0.6 is 0 Å². The summed E-state index contributed by atoms with van der Waals surface area (Å²) < 4.78 is 24.3. The Kier molecular flexibility index (Phi) is 8.22. The summed E-state index contributed by atoms with van der Waals surface area (Å²) in [7, 11) is 1.57. The third-order valence-electron chi connectivity index (χ3n) is 5.31. The third kappa shape index (κ3) is 6.65. The van der Waals surface area contributed by atoms with Gasteiger partial charge in [0.05, 0.1) is 19.3 Å². The second-order valence-corrected chi connectivity index (χ2v) is 7.72. The van der Waals surface area contributed by atoms with Crippen LogP contribution in [0.4, 0.5) is 10.1 Å². The molecule has 0 spiro atoms. The normalized spacial score (nSPS) is 18.4. The van der Waals surface area contributed by atoms with Gasteiger partial charge in [-0.15, -0.1) is 0 Å². The van der Waals surface area contributed by atoms with Crippen LogP contribution in [0.15, 0.2) is 48.5 Å². The van der Waals surface area contributed by atoms with Crippen LogP contribution in [0, 0.1) is 5.82 Å². The summed E-state index contributed by atoms with van der Waals surface area (Å²) in [6.07, 6.45) is -0.734. The number of aliphatic hydroxyl groups excluding tert-OH is 1. The molecule has 2 N–H and O–H groups in total. The second-order valence-electron chi connectivity index (χ2n) is 7.72. The summed E-state index contributed by atoms with van der Waals surface area (Å²) in [4.78, 5) is 16.7. The first-order chi connectivity index (χ1) is 15.0. The maximum Gasteiger partial charge on any atom is 0.238 e. The number of para-hydroxylation sites is 3. The second kappa shape index (κ2) is 11.1. The van der Waals surface area contributed by atoms with E-state index in [4.69, 9.17) is 9.47 Å². The fraction of sp³-hybridized carbons (Fsp3) is 0.435. The minimum Gasteiger partial charge on any atom is -0.495 e. The van der Waals surface area contributed by atoms with Gasteiger partial charge in [0.2, 0.25) is 5.91 Å². The van der Waals surface area contributed by atoms with Crippen molar-refractivity contribution in [2.45, 2.75) is 19.1 Å². The lowest BCUT2D eigenvalue weighted by atomic mass is 10.1. The fourth-order valence-electron chi connectivity index (χ4n) is 3.70. The summed E-state index contributed by atoms with van der Waals surface area (Å²) in [6, 6.07) is 13.6. The number of ether oxygens (including phenoxy) is 2. The molecular weight excluding hydrogens is 401 g/mol. The molecule has 3 rings (SSSR count). The molecule has 1 heterocycles.